The Balaban J connectivity index is 1.84. The number of nitrogens with zero attached hydrogens (tertiary/aromatic N) is 1. The van der Waals surface area contributed by atoms with Gasteiger partial charge < -0.3 is 4.90 Å². The van der Waals surface area contributed by atoms with Gasteiger partial charge in [-0.2, -0.15) is 0 Å². The van der Waals surface area contributed by atoms with Crippen LogP contribution in [0, 0.1) is 0 Å². The first kappa shape index (κ1) is 13.5. The van der Waals surface area contributed by atoms with E-state index in [-0.39, 0.29) is 24.1 Å². The molecule has 2 aliphatic rings. The Morgan fingerprint density at radius 1 is 1.33 bits per heavy atom. The van der Waals surface area contributed by atoms with Crippen molar-refractivity contribution in [3.05, 3.63) is 47.5 Å². The molecule has 2 aliphatic heterocycles. The van der Waals surface area contributed by atoms with Gasteiger partial charge in [-0.1, -0.05) is 18.2 Å². The summed E-state index contributed by atoms with van der Waals surface area (Å²) in [6.07, 6.45) is 3.23. The van der Waals surface area contributed by atoms with Crippen LogP contribution in [-0.4, -0.2) is 28.7 Å². The Hall–Kier alpha value is -2.43. The van der Waals surface area contributed by atoms with E-state index >= 15 is 0 Å². The molecule has 5 nitrogen and oxygen atoms in total. The number of rotatable bonds is 3. The van der Waals surface area contributed by atoms with E-state index in [1.807, 2.05) is 24.3 Å². The van der Waals surface area contributed by atoms with Crippen LogP contribution in [0.5, 0.6) is 0 Å². The Labute approximate surface area is 122 Å². The molecule has 1 aromatic rings. The summed E-state index contributed by atoms with van der Waals surface area (Å²) < 4.78 is 0. The first-order chi connectivity index (χ1) is 10.1. The number of allylic oxidation sites excluding steroid dienone is 1. The summed E-state index contributed by atoms with van der Waals surface area (Å²) >= 11 is 0. The van der Waals surface area contributed by atoms with Crippen LogP contribution in [0.15, 0.2) is 30.9 Å². The van der Waals surface area contributed by atoms with Gasteiger partial charge in [0.15, 0.2) is 0 Å². The highest BCUT2D eigenvalue weighted by Crippen LogP contribution is 2.28. The highest BCUT2D eigenvalue weighted by Gasteiger charge is 2.38. The highest BCUT2D eigenvalue weighted by atomic mass is 16.2. The van der Waals surface area contributed by atoms with Crippen molar-refractivity contribution < 1.29 is 14.4 Å². The fourth-order valence-electron chi connectivity index (χ4n) is 2.92. The molecule has 3 rings (SSSR count). The molecule has 1 unspecified atom stereocenters. The Kier molecular flexibility index (Phi) is 3.33. The van der Waals surface area contributed by atoms with Gasteiger partial charge in [0.05, 0.1) is 0 Å². The lowest BCUT2D eigenvalue weighted by Crippen LogP contribution is -2.52. The molecule has 0 aromatic heterocycles. The van der Waals surface area contributed by atoms with Crippen LogP contribution >= 0.6 is 0 Å². The van der Waals surface area contributed by atoms with Crippen molar-refractivity contribution in [2.45, 2.75) is 31.8 Å². The van der Waals surface area contributed by atoms with Crippen molar-refractivity contribution in [3.8, 4) is 0 Å². The monoisotopic (exact) mass is 284 g/mol. The molecule has 0 spiro atoms. The maximum Gasteiger partial charge on any atom is 0.255 e. The zero-order valence-electron chi connectivity index (χ0n) is 11.6. The zero-order valence-corrected chi connectivity index (χ0v) is 11.6. The second-order valence-electron chi connectivity index (χ2n) is 5.38. The molecule has 21 heavy (non-hydrogen) atoms. The highest BCUT2D eigenvalue weighted by molar-refractivity contribution is 6.05. The van der Waals surface area contributed by atoms with Crippen LogP contribution in [-0.2, 0) is 22.6 Å². The lowest BCUT2D eigenvalue weighted by Gasteiger charge is -2.29. The standard InChI is InChI=1S/C16H16N2O3/c1-2-3-10-4-5-12-11(8-10)9-18(16(12)21)13-6-7-14(19)17-15(13)20/h2,4-5,8,13H,1,3,6-7,9H2,(H,17,19,20). The first-order valence-corrected chi connectivity index (χ1v) is 6.97. The average molecular weight is 284 g/mol. The second-order valence-corrected chi connectivity index (χ2v) is 5.38. The molecular formula is C16H16N2O3. The van der Waals surface area contributed by atoms with Gasteiger partial charge in [-0.25, -0.2) is 0 Å². The fraction of sp³-hybridized carbons (Fsp3) is 0.312. The molecule has 0 saturated carbocycles. The summed E-state index contributed by atoms with van der Waals surface area (Å²) in [5.74, 6) is -0.781. The minimum absolute atomic E-state index is 0.135. The van der Waals surface area contributed by atoms with Crippen molar-refractivity contribution in [2.75, 3.05) is 0 Å². The average Bonchev–Trinajstić information content (AvgIpc) is 2.76. The number of amides is 3. The summed E-state index contributed by atoms with van der Waals surface area (Å²) in [4.78, 5) is 37.1. The predicted octanol–water partition coefficient (Wildman–Crippen LogP) is 1.18. The summed E-state index contributed by atoms with van der Waals surface area (Å²) in [6, 6.07) is 5.15. The molecule has 1 N–H and O–H groups in total. The van der Waals surface area contributed by atoms with Crippen LogP contribution in [0.3, 0.4) is 0 Å². The molecule has 0 aliphatic carbocycles. The number of carbonyl (C=O) groups is 3. The van der Waals surface area contributed by atoms with Crippen molar-refractivity contribution in [1.82, 2.24) is 10.2 Å². The minimum atomic E-state index is -0.551. The molecule has 1 fully saturated rings. The third-order valence-corrected chi connectivity index (χ3v) is 3.97. The molecular weight excluding hydrogens is 268 g/mol. The molecule has 5 heteroatoms. The van der Waals surface area contributed by atoms with Crippen LogP contribution in [0.25, 0.3) is 0 Å². The molecule has 1 atom stereocenters. The van der Waals surface area contributed by atoms with Gasteiger partial charge >= 0.3 is 0 Å². The number of carbonyl (C=O) groups excluding carboxylic acids is 3. The number of nitrogens with one attached hydrogen (secondary N) is 1. The minimum Gasteiger partial charge on any atom is -0.322 e. The van der Waals surface area contributed by atoms with Crippen molar-refractivity contribution in [3.63, 3.8) is 0 Å². The van der Waals surface area contributed by atoms with Crippen LogP contribution in [0.4, 0.5) is 0 Å². The fourth-order valence-corrected chi connectivity index (χ4v) is 2.92. The van der Waals surface area contributed by atoms with Crippen LogP contribution in [0.2, 0.25) is 0 Å². The third kappa shape index (κ3) is 2.35. The lowest BCUT2D eigenvalue weighted by atomic mass is 10.0. The van der Waals surface area contributed by atoms with Gasteiger partial charge in [-0.3, -0.25) is 19.7 Å². The van der Waals surface area contributed by atoms with E-state index in [0.717, 1.165) is 17.5 Å². The normalized spacial score (nSPS) is 21.2. The number of benzene rings is 1. The Morgan fingerprint density at radius 3 is 2.86 bits per heavy atom. The van der Waals surface area contributed by atoms with E-state index in [1.54, 1.807) is 4.90 Å². The Bertz CT molecular complexity index is 651. The molecule has 3 amide bonds. The van der Waals surface area contributed by atoms with Crippen molar-refractivity contribution >= 4 is 17.7 Å². The second kappa shape index (κ2) is 5.16. The number of hydrogen-bond acceptors (Lipinski definition) is 3. The maximum absolute atomic E-state index is 12.4. The quantitative estimate of drug-likeness (QED) is 0.669. The Morgan fingerprint density at radius 2 is 2.14 bits per heavy atom. The van der Waals surface area contributed by atoms with E-state index in [2.05, 4.69) is 11.9 Å². The number of imide groups is 1. The van der Waals surface area contributed by atoms with Crippen LogP contribution in [0.1, 0.15) is 34.3 Å². The van der Waals surface area contributed by atoms with E-state index in [9.17, 15) is 14.4 Å². The number of piperidine rings is 1. The maximum atomic E-state index is 12.4. The lowest BCUT2D eigenvalue weighted by molar-refractivity contribution is -0.136. The van der Waals surface area contributed by atoms with Crippen molar-refractivity contribution in [2.24, 2.45) is 0 Å². The molecule has 1 aromatic carbocycles. The van der Waals surface area contributed by atoms with Crippen LogP contribution < -0.4 is 5.32 Å². The van der Waals surface area contributed by atoms with E-state index in [0.29, 0.717) is 18.5 Å². The number of fused-ring (bicyclic) bond motifs is 1. The van der Waals surface area contributed by atoms with E-state index in [1.165, 1.54) is 0 Å². The number of hydrogen-bond donors (Lipinski definition) is 1. The molecule has 108 valence electrons. The van der Waals surface area contributed by atoms with E-state index in [4.69, 9.17) is 0 Å². The predicted molar refractivity (Wildman–Crippen MR) is 76.4 cm³/mol. The first-order valence-electron chi connectivity index (χ1n) is 6.97. The summed E-state index contributed by atoms with van der Waals surface area (Å²) in [6.45, 7) is 4.13. The molecule has 0 bridgehead atoms. The van der Waals surface area contributed by atoms with Gasteiger partial charge in [-0.15, -0.1) is 6.58 Å². The summed E-state index contributed by atoms with van der Waals surface area (Å²) in [5, 5.41) is 2.30. The third-order valence-electron chi connectivity index (χ3n) is 3.97. The van der Waals surface area contributed by atoms with Gasteiger partial charge in [0.1, 0.15) is 6.04 Å². The van der Waals surface area contributed by atoms with Gasteiger partial charge in [-0.05, 0) is 30.0 Å². The van der Waals surface area contributed by atoms with Crippen molar-refractivity contribution in [1.29, 1.82) is 0 Å². The van der Waals surface area contributed by atoms with Gasteiger partial charge in [0.25, 0.3) is 5.91 Å². The van der Waals surface area contributed by atoms with Gasteiger partial charge in [0.2, 0.25) is 11.8 Å². The summed E-state index contributed by atoms with van der Waals surface area (Å²) in [7, 11) is 0. The molecule has 1 saturated heterocycles. The zero-order chi connectivity index (χ0) is 15.0. The SMILES string of the molecule is C=CCc1ccc2c(c1)CN(C1CCC(=O)NC1=O)C2=O. The largest absolute Gasteiger partial charge is 0.322 e. The topological polar surface area (TPSA) is 66.5 Å². The summed E-state index contributed by atoms with van der Waals surface area (Å²) in [5.41, 5.74) is 2.68. The molecule has 0 radical (unpaired) electrons. The molecule has 2 heterocycles. The van der Waals surface area contributed by atoms with Gasteiger partial charge in [0, 0.05) is 18.5 Å². The van der Waals surface area contributed by atoms with E-state index < -0.39 is 6.04 Å². The smallest absolute Gasteiger partial charge is 0.255 e.